The predicted molar refractivity (Wildman–Crippen MR) is 122 cm³/mol. The minimum atomic E-state index is -0.571. The zero-order chi connectivity index (χ0) is 21.5. The van der Waals surface area contributed by atoms with E-state index in [1.807, 2.05) is 6.07 Å². The number of anilines is 1. The molecule has 3 N–H and O–H groups in total. The molecular weight excluding hydrogens is 396 g/mol. The zero-order valence-corrected chi connectivity index (χ0v) is 18.4. The lowest BCUT2D eigenvalue weighted by molar-refractivity contribution is 0.0957. The van der Waals surface area contributed by atoms with Crippen LogP contribution in [0, 0.1) is 6.92 Å². The van der Waals surface area contributed by atoms with E-state index in [1.165, 1.54) is 17.1 Å². The average molecular weight is 425 g/mol. The number of aryl methyl sites for hydroxylation is 1. The second-order valence-corrected chi connectivity index (χ2v) is 8.10. The number of hydrogen-bond donors (Lipinski definition) is 2. The standard InChI is InChI=1S/C23H28N4O2S/c1-4-6-19(24)21(22(28)17-9-11-18(29-3)12-10-17)26-23-25-20(27-30-23)14-16-8-5-7-15(2)13-16/h5,7-13,19,21H,4,6,14,24H2,1-3H3,(H,25,26,27). The molecule has 158 valence electrons. The first-order valence-electron chi connectivity index (χ1n) is 10.1. The van der Waals surface area contributed by atoms with Gasteiger partial charge in [0.25, 0.3) is 0 Å². The normalized spacial score (nSPS) is 12.9. The van der Waals surface area contributed by atoms with Crippen molar-refractivity contribution in [3.05, 3.63) is 71.0 Å². The number of benzene rings is 2. The minimum absolute atomic E-state index is 0.0611. The largest absolute Gasteiger partial charge is 0.497 e. The Kier molecular flexibility index (Phi) is 7.54. The summed E-state index contributed by atoms with van der Waals surface area (Å²) in [5.74, 6) is 1.38. The summed E-state index contributed by atoms with van der Waals surface area (Å²) in [6.07, 6.45) is 2.27. The third kappa shape index (κ3) is 5.64. The molecule has 1 aromatic heterocycles. The molecule has 6 nitrogen and oxygen atoms in total. The Morgan fingerprint density at radius 3 is 2.67 bits per heavy atom. The van der Waals surface area contributed by atoms with Gasteiger partial charge in [0, 0.05) is 29.6 Å². The third-order valence-corrected chi connectivity index (χ3v) is 5.58. The monoisotopic (exact) mass is 424 g/mol. The molecule has 3 rings (SSSR count). The van der Waals surface area contributed by atoms with E-state index in [4.69, 9.17) is 10.5 Å². The van der Waals surface area contributed by atoms with Crippen molar-refractivity contribution >= 4 is 22.4 Å². The molecule has 0 radical (unpaired) electrons. The van der Waals surface area contributed by atoms with Crippen LogP contribution in [0.4, 0.5) is 5.13 Å². The molecule has 2 unspecified atom stereocenters. The van der Waals surface area contributed by atoms with E-state index in [2.05, 4.69) is 46.7 Å². The molecule has 2 atom stereocenters. The maximum absolute atomic E-state index is 13.2. The van der Waals surface area contributed by atoms with Crippen molar-refractivity contribution in [1.82, 2.24) is 9.36 Å². The number of ketones is 1. The van der Waals surface area contributed by atoms with E-state index in [0.717, 1.165) is 24.2 Å². The summed E-state index contributed by atoms with van der Waals surface area (Å²) in [6.45, 7) is 4.12. The summed E-state index contributed by atoms with van der Waals surface area (Å²) in [6, 6.07) is 14.5. The van der Waals surface area contributed by atoms with Gasteiger partial charge < -0.3 is 15.8 Å². The Hall–Kier alpha value is -2.77. The lowest BCUT2D eigenvalue weighted by Gasteiger charge is -2.23. The van der Waals surface area contributed by atoms with E-state index in [0.29, 0.717) is 22.9 Å². The van der Waals surface area contributed by atoms with Crippen LogP contribution in [0.5, 0.6) is 5.75 Å². The maximum Gasteiger partial charge on any atom is 0.203 e. The van der Waals surface area contributed by atoms with Crippen LogP contribution < -0.4 is 15.8 Å². The number of ether oxygens (including phenoxy) is 1. The summed E-state index contributed by atoms with van der Waals surface area (Å²) in [5, 5.41) is 3.85. The lowest BCUT2D eigenvalue weighted by Crippen LogP contribution is -2.46. The van der Waals surface area contributed by atoms with E-state index in [9.17, 15) is 4.79 Å². The first-order valence-corrected chi connectivity index (χ1v) is 10.9. The van der Waals surface area contributed by atoms with Gasteiger partial charge in [0.2, 0.25) is 5.13 Å². The molecule has 1 heterocycles. The average Bonchev–Trinajstić information content (AvgIpc) is 3.18. The molecule has 0 aliphatic rings. The van der Waals surface area contributed by atoms with Crippen molar-refractivity contribution in [3.63, 3.8) is 0 Å². The van der Waals surface area contributed by atoms with Crippen LogP contribution in [0.25, 0.3) is 0 Å². The van der Waals surface area contributed by atoms with Gasteiger partial charge in [0.05, 0.1) is 7.11 Å². The summed E-state index contributed by atoms with van der Waals surface area (Å²) < 4.78 is 9.64. The van der Waals surface area contributed by atoms with Gasteiger partial charge in [-0.2, -0.15) is 4.37 Å². The van der Waals surface area contributed by atoms with Gasteiger partial charge in [-0.15, -0.1) is 0 Å². The topological polar surface area (TPSA) is 90.1 Å². The maximum atomic E-state index is 13.2. The Balaban J connectivity index is 1.76. The number of nitrogens with zero attached hydrogens (tertiary/aromatic N) is 2. The van der Waals surface area contributed by atoms with Crippen molar-refractivity contribution in [2.24, 2.45) is 5.73 Å². The smallest absolute Gasteiger partial charge is 0.203 e. The Bertz CT molecular complexity index is 971. The molecule has 0 aliphatic carbocycles. The molecule has 3 aromatic rings. The molecule has 0 saturated carbocycles. The van der Waals surface area contributed by atoms with Gasteiger partial charge in [-0.25, -0.2) is 4.98 Å². The predicted octanol–water partition coefficient (Wildman–Crippen LogP) is 4.24. The van der Waals surface area contributed by atoms with Crippen molar-refractivity contribution in [1.29, 1.82) is 0 Å². The van der Waals surface area contributed by atoms with Crippen LogP contribution >= 0.6 is 11.5 Å². The van der Waals surface area contributed by atoms with Crippen molar-refractivity contribution in [2.45, 2.75) is 45.2 Å². The Labute approximate surface area is 181 Å². The molecule has 0 aliphatic heterocycles. The van der Waals surface area contributed by atoms with Gasteiger partial charge in [0.15, 0.2) is 5.78 Å². The number of nitrogens with one attached hydrogen (secondary N) is 1. The minimum Gasteiger partial charge on any atom is -0.497 e. The number of aromatic nitrogens is 2. The summed E-state index contributed by atoms with van der Waals surface area (Å²) >= 11 is 1.26. The van der Waals surface area contributed by atoms with Crippen LogP contribution in [0.1, 0.15) is 47.1 Å². The van der Waals surface area contributed by atoms with E-state index in [1.54, 1.807) is 31.4 Å². The van der Waals surface area contributed by atoms with Crippen molar-refractivity contribution in [3.8, 4) is 5.75 Å². The highest BCUT2D eigenvalue weighted by atomic mass is 32.1. The highest BCUT2D eigenvalue weighted by Crippen LogP contribution is 2.20. The zero-order valence-electron chi connectivity index (χ0n) is 17.6. The molecule has 0 spiro atoms. The van der Waals surface area contributed by atoms with Gasteiger partial charge in [-0.05, 0) is 43.2 Å². The molecule has 0 fully saturated rings. The molecule has 2 aromatic carbocycles. The molecule has 30 heavy (non-hydrogen) atoms. The van der Waals surface area contributed by atoms with Crippen LogP contribution in [-0.2, 0) is 6.42 Å². The number of nitrogens with two attached hydrogens (primary N) is 1. The summed E-state index contributed by atoms with van der Waals surface area (Å²) in [7, 11) is 1.60. The Morgan fingerprint density at radius 2 is 2.00 bits per heavy atom. The quantitative estimate of drug-likeness (QED) is 0.473. The molecule has 0 saturated heterocycles. The molecule has 7 heteroatoms. The molecule has 0 bridgehead atoms. The number of methoxy groups -OCH3 is 1. The van der Waals surface area contributed by atoms with Gasteiger partial charge in [0.1, 0.15) is 17.6 Å². The van der Waals surface area contributed by atoms with Gasteiger partial charge in [-0.1, -0.05) is 43.2 Å². The SMILES string of the molecule is CCCC(N)C(Nc1nc(Cc2cccc(C)c2)ns1)C(=O)c1ccc(OC)cc1. The van der Waals surface area contributed by atoms with Gasteiger partial charge in [-0.3, -0.25) is 4.79 Å². The second kappa shape index (κ2) is 10.3. The first-order chi connectivity index (χ1) is 14.5. The number of rotatable bonds is 10. The number of Topliss-reactive ketones (excluding diaryl/α,β-unsaturated/α-hetero) is 1. The number of carbonyl (C=O) groups excluding carboxylic acids is 1. The van der Waals surface area contributed by atoms with Crippen LogP contribution in [0.2, 0.25) is 0 Å². The highest BCUT2D eigenvalue weighted by Gasteiger charge is 2.27. The van der Waals surface area contributed by atoms with Crippen LogP contribution in [0.3, 0.4) is 0 Å². The molecule has 0 amide bonds. The van der Waals surface area contributed by atoms with Gasteiger partial charge >= 0.3 is 0 Å². The highest BCUT2D eigenvalue weighted by molar-refractivity contribution is 7.09. The fourth-order valence-corrected chi connectivity index (χ4v) is 3.95. The number of carbonyl (C=O) groups is 1. The van der Waals surface area contributed by atoms with E-state index in [-0.39, 0.29) is 11.8 Å². The fraction of sp³-hybridized carbons (Fsp3) is 0.348. The van der Waals surface area contributed by atoms with Crippen LogP contribution in [-0.4, -0.2) is 34.3 Å². The van der Waals surface area contributed by atoms with Crippen molar-refractivity contribution < 1.29 is 9.53 Å². The number of hydrogen-bond acceptors (Lipinski definition) is 7. The third-order valence-electron chi connectivity index (χ3n) is 4.90. The Morgan fingerprint density at radius 1 is 1.23 bits per heavy atom. The summed E-state index contributed by atoms with van der Waals surface area (Å²) in [5.41, 5.74) is 9.32. The molecular formula is C23H28N4O2S. The van der Waals surface area contributed by atoms with Crippen molar-refractivity contribution in [2.75, 3.05) is 12.4 Å². The fourth-order valence-electron chi connectivity index (χ4n) is 3.32. The van der Waals surface area contributed by atoms with E-state index >= 15 is 0 Å². The lowest BCUT2D eigenvalue weighted by atomic mass is 9.95. The van der Waals surface area contributed by atoms with Crippen LogP contribution in [0.15, 0.2) is 48.5 Å². The van der Waals surface area contributed by atoms with E-state index < -0.39 is 6.04 Å². The second-order valence-electron chi connectivity index (χ2n) is 7.35. The first kappa shape index (κ1) is 21.9. The summed E-state index contributed by atoms with van der Waals surface area (Å²) in [4.78, 5) is 17.8.